The van der Waals surface area contributed by atoms with Crippen molar-refractivity contribution in [2.45, 2.75) is 81.3 Å². The van der Waals surface area contributed by atoms with Crippen molar-refractivity contribution in [2.24, 2.45) is 0 Å². The molecular formula is C17H37BN2P2. The van der Waals surface area contributed by atoms with E-state index in [2.05, 4.69) is 65.5 Å². The zero-order chi connectivity index (χ0) is 16.6. The van der Waals surface area contributed by atoms with Crippen molar-refractivity contribution in [1.82, 2.24) is 9.62 Å². The van der Waals surface area contributed by atoms with Crippen LogP contribution in [0, 0.1) is 0 Å². The van der Waals surface area contributed by atoms with Crippen LogP contribution in [-0.2, 0) is 0 Å². The van der Waals surface area contributed by atoms with Gasteiger partial charge in [0.05, 0.1) is 0 Å². The quantitative estimate of drug-likeness (QED) is 0.533. The van der Waals surface area contributed by atoms with E-state index in [1.54, 1.807) is 0 Å². The summed E-state index contributed by atoms with van der Waals surface area (Å²) in [5.74, 6) is 0. The highest BCUT2D eigenvalue weighted by molar-refractivity contribution is 7.80. The van der Waals surface area contributed by atoms with Gasteiger partial charge < -0.3 is 9.62 Å². The van der Waals surface area contributed by atoms with Crippen LogP contribution in [0.2, 0.25) is 0 Å². The highest BCUT2D eigenvalue weighted by Gasteiger charge is 2.50. The third kappa shape index (κ3) is 3.74. The van der Waals surface area contributed by atoms with E-state index in [9.17, 15) is 0 Å². The Hall–Kier alpha value is 0.845. The summed E-state index contributed by atoms with van der Waals surface area (Å²) < 4.78 is 0. The molecule has 0 saturated carbocycles. The van der Waals surface area contributed by atoms with Crippen molar-refractivity contribution in [3.8, 4) is 0 Å². The first kappa shape index (κ1) is 19.2. The molecule has 0 aliphatic carbocycles. The fraction of sp³-hybridized carbons (Fsp3) is 1.00. The lowest BCUT2D eigenvalue weighted by molar-refractivity contribution is 0.518. The zero-order valence-corrected chi connectivity index (χ0v) is 17.9. The molecule has 128 valence electrons. The lowest BCUT2D eigenvalue weighted by atomic mass is 9.76. The second-order valence-electron chi connectivity index (χ2n) is 8.20. The van der Waals surface area contributed by atoms with Gasteiger partial charge in [0, 0.05) is 5.30 Å². The molecule has 4 atom stereocenters. The van der Waals surface area contributed by atoms with E-state index in [0.29, 0.717) is 6.98 Å². The van der Waals surface area contributed by atoms with E-state index in [-0.39, 0.29) is 15.8 Å². The summed E-state index contributed by atoms with van der Waals surface area (Å²) in [7, 11) is 9.51. The fourth-order valence-corrected chi connectivity index (χ4v) is 16.2. The normalized spacial score (nSPS) is 34.5. The molecule has 0 aromatic heterocycles. The van der Waals surface area contributed by atoms with Crippen molar-refractivity contribution in [2.75, 3.05) is 28.2 Å². The SMILES string of the molecule is C[C@@H]1CC[C@@H](C)P1C(B(N(C)C)N(C)C)P1[C@H](C)CC[C@H]1C. The Morgan fingerprint density at radius 2 is 0.955 bits per heavy atom. The molecule has 2 heterocycles. The standard InChI is InChI=1S/C17H37BN2P2/c1-13-9-10-14(2)21(13)17(18(19(5)6)20(7)8)22-15(3)11-12-16(22)4/h13-17H,9-12H2,1-8H3/t13-,14-,15-,16-/m1/s1. The molecule has 0 unspecified atom stereocenters. The predicted octanol–water partition coefficient (Wildman–Crippen LogP) is 4.57. The van der Waals surface area contributed by atoms with Crippen LogP contribution in [0.15, 0.2) is 0 Å². The average Bonchev–Trinajstić information content (AvgIpc) is 2.90. The van der Waals surface area contributed by atoms with Crippen molar-refractivity contribution >= 4 is 22.8 Å². The number of nitrogens with zero attached hydrogens (tertiary/aromatic N) is 2. The van der Waals surface area contributed by atoms with Gasteiger partial charge in [-0.3, -0.25) is 0 Å². The second-order valence-corrected chi connectivity index (χ2v) is 15.0. The van der Waals surface area contributed by atoms with Gasteiger partial charge in [-0.1, -0.05) is 43.5 Å². The van der Waals surface area contributed by atoms with Crippen LogP contribution < -0.4 is 0 Å². The molecule has 0 aromatic rings. The van der Waals surface area contributed by atoms with Crippen LogP contribution in [0.4, 0.5) is 0 Å². The van der Waals surface area contributed by atoms with Crippen LogP contribution in [0.25, 0.3) is 0 Å². The Morgan fingerprint density at radius 1 is 0.682 bits per heavy atom. The van der Waals surface area contributed by atoms with Gasteiger partial charge in [0.2, 0.25) is 0 Å². The number of hydrogen-bond donors (Lipinski definition) is 0. The van der Waals surface area contributed by atoms with Crippen molar-refractivity contribution < 1.29 is 0 Å². The minimum Gasteiger partial charge on any atom is -0.333 e. The number of rotatable bonds is 5. The van der Waals surface area contributed by atoms with Gasteiger partial charge in [-0.05, 0) is 76.5 Å². The van der Waals surface area contributed by atoms with Gasteiger partial charge in [0.15, 0.2) is 0 Å². The molecule has 0 amide bonds. The summed E-state index contributed by atoms with van der Waals surface area (Å²) in [6.07, 6.45) is 5.90. The van der Waals surface area contributed by atoms with Gasteiger partial charge in [0.25, 0.3) is 0 Å². The predicted molar refractivity (Wildman–Crippen MR) is 107 cm³/mol. The maximum absolute atomic E-state index is 2.56. The molecule has 0 N–H and O–H groups in total. The minimum atomic E-state index is 0.146. The highest BCUT2D eigenvalue weighted by Crippen LogP contribution is 2.73. The van der Waals surface area contributed by atoms with Crippen molar-refractivity contribution in [1.29, 1.82) is 0 Å². The summed E-state index contributed by atoms with van der Waals surface area (Å²) in [6, 6.07) is 0. The van der Waals surface area contributed by atoms with Crippen LogP contribution in [-0.4, -0.2) is 72.7 Å². The minimum absolute atomic E-state index is 0.146. The van der Waals surface area contributed by atoms with Gasteiger partial charge >= 0.3 is 6.98 Å². The molecule has 0 aromatic carbocycles. The first-order chi connectivity index (χ1) is 10.3. The fourth-order valence-electron chi connectivity index (χ4n) is 4.93. The summed E-state index contributed by atoms with van der Waals surface area (Å²) in [5, 5.41) is 0.940. The Bertz CT molecular complexity index is 312. The van der Waals surface area contributed by atoms with E-state index in [1.165, 1.54) is 25.7 Å². The molecule has 0 spiro atoms. The van der Waals surface area contributed by atoms with Crippen LogP contribution in [0.3, 0.4) is 0 Å². The molecule has 2 aliphatic rings. The molecular weight excluding hydrogens is 305 g/mol. The first-order valence-corrected chi connectivity index (χ1v) is 12.2. The maximum atomic E-state index is 2.56. The smallest absolute Gasteiger partial charge is 0.322 e. The lowest BCUT2D eigenvalue weighted by Crippen LogP contribution is -2.54. The summed E-state index contributed by atoms with van der Waals surface area (Å²) in [6.45, 7) is 10.9. The van der Waals surface area contributed by atoms with Crippen molar-refractivity contribution in [3.63, 3.8) is 0 Å². The molecule has 0 bridgehead atoms. The van der Waals surface area contributed by atoms with Gasteiger partial charge in [-0.25, -0.2) is 0 Å². The first-order valence-electron chi connectivity index (χ1n) is 9.13. The lowest BCUT2D eigenvalue weighted by Gasteiger charge is -2.46. The van der Waals surface area contributed by atoms with E-state index >= 15 is 0 Å². The molecule has 5 heteroatoms. The number of hydrogen-bond acceptors (Lipinski definition) is 2. The third-order valence-electron chi connectivity index (χ3n) is 5.98. The Morgan fingerprint density at radius 3 is 1.18 bits per heavy atom. The highest BCUT2D eigenvalue weighted by atomic mass is 31.2. The molecule has 2 saturated heterocycles. The average molecular weight is 342 g/mol. The Labute approximate surface area is 142 Å². The largest absolute Gasteiger partial charge is 0.333 e. The summed E-state index contributed by atoms with van der Waals surface area (Å²) in [5.41, 5.74) is 3.89. The molecule has 2 aliphatic heterocycles. The van der Waals surface area contributed by atoms with Gasteiger partial charge in [-0.2, -0.15) is 0 Å². The third-order valence-corrected chi connectivity index (χ3v) is 14.4. The van der Waals surface area contributed by atoms with E-state index in [1.807, 2.05) is 0 Å². The monoisotopic (exact) mass is 342 g/mol. The molecule has 2 nitrogen and oxygen atoms in total. The van der Waals surface area contributed by atoms with E-state index < -0.39 is 0 Å². The molecule has 2 fully saturated rings. The van der Waals surface area contributed by atoms with Gasteiger partial charge in [-0.15, -0.1) is 0 Å². The molecule has 22 heavy (non-hydrogen) atoms. The van der Waals surface area contributed by atoms with Crippen molar-refractivity contribution in [3.05, 3.63) is 0 Å². The summed E-state index contributed by atoms with van der Waals surface area (Å²) >= 11 is 0. The molecule has 2 rings (SSSR count). The second kappa shape index (κ2) is 7.82. The Kier molecular flexibility index (Phi) is 6.81. The zero-order valence-electron chi connectivity index (χ0n) is 16.1. The summed E-state index contributed by atoms with van der Waals surface area (Å²) in [4.78, 5) is 5.04. The van der Waals surface area contributed by atoms with Crippen LogP contribution >= 0.6 is 15.8 Å². The van der Waals surface area contributed by atoms with Gasteiger partial charge in [0.1, 0.15) is 0 Å². The molecule has 0 radical (unpaired) electrons. The maximum Gasteiger partial charge on any atom is 0.322 e. The Balaban J connectivity index is 2.39. The van der Waals surface area contributed by atoms with E-state index in [4.69, 9.17) is 0 Å². The topological polar surface area (TPSA) is 6.48 Å². The van der Waals surface area contributed by atoms with Crippen LogP contribution in [0.1, 0.15) is 53.4 Å². The van der Waals surface area contributed by atoms with E-state index in [0.717, 1.165) is 27.9 Å². The van der Waals surface area contributed by atoms with Crippen LogP contribution in [0.5, 0.6) is 0 Å².